The first-order valence-electron chi connectivity index (χ1n) is 11.2. The highest BCUT2D eigenvalue weighted by atomic mass is 15.2. The van der Waals surface area contributed by atoms with Gasteiger partial charge in [0.15, 0.2) is 11.5 Å². The first-order chi connectivity index (χ1) is 16.1. The molecule has 1 saturated carbocycles. The highest BCUT2D eigenvalue weighted by Gasteiger charge is 2.19. The summed E-state index contributed by atoms with van der Waals surface area (Å²) in [5.41, 5.74) is 7.85. The van der Waals surface area contributed by atoms with E-state index in [0.29, 0.717) is 17.4 Å². The molecule has 0 bridgehead atoms. The number of fused-ring (bicyclic) bond motifs is 1. The van der Waals surface area contributed by atoms with Crippen molar-refractivity contribution in [1.29, 1.82) is 0 Å². The van der Waals surface area contributed by atoms with Crippen LogP contribution in [0, 0.1) is 12.8 Å². The van der Waals surface area contributed by atoms with E-state index in [4.69, 9.17) is 4.98 Å². The van der Waals surface area contributed by atoms with Crippen LogP contribution in [-0.2, 0) is 0 Å². The zero-order chi connectivity index (χ0) is 22.8. The molecule has 0 amide bonds. The number of nitrogens with one attached hydrogen (secondary N) is 3. The highest BCUT2D eigenvalue weighted by molar-refractivity contribution is 5.89. The summed E-state index contributed by atoms with van der Waals surface area (Å²) >= 11 is 0. The van der Waals surface area contributed by atoms with E-state index in [1.807, 2.05) is 43.6 Å². The summed E-state index contributed by atoms with van der Waals surface area (Å²) in [4.78, 5) is 17.3. The van der Waals surface area contributed by atoms with Crippen molar-refractivity contribution in [3.63, 3.8) is 0 Å². The van der Waals surface area contributed by atoms with E-state index in [0.717, 1.165) is 45.1 Å². The van der Waals surface area contributed by atoms with Crippen LogP contribution in [0.1, 0.15) is 37.1 Å². The lowest BCUT2D eigenvalue weighted by Gasteiger charge is -2.15. The second kappa shape index (κ2) is 8.86. The van der Waals surface area contributed by atoms with Crippen molar-refractivity contribution in [2.24, 2.45) is 5.92 Å². The van der Waals surface area contributed by atoms with E-state index in [1.54, 1.807) is 6.08 Å². The third kappa shape index (κ3) is 4.22. The minimum Gasteiger partial charge on any atom is -0.358 e. The van der Waals surface area contributed by atoms with Gasteiger partial charge in [0.25, 0.3) is 0 Å². The number of nitrogens with zero attached hydrogens (tertiary/aromatic N) is 4. The maximum atomic E-state index is 4.90. The molecule has 0 atom stereocenters. The largest absolute Gasteiger partial charge is 0.358 e. The number of aromatic amines is 2. The molecule has 7 nitrogen and oxygen atoms in total. The van der Waals surface area contributed by atoms with Crippen molar-refractivity contribution in [3.8, 4) is 22.8 Å². The van der Waals surface area contributed by atoms with Gasteiger partial charge in [0.1, 0.15) is 5.52 Å². The normalized spacial score (nSPS) is 14.3. The summed E-state index contributed by atoms with van der Waals surface area (Å²) in [6.45, 7) is 9.95. The fourth-order valence-corrected chi connectivity index (χ4v) is 4.34. The lowest BCUT2D eigenvalue weighted by molar-refractivity contribution is 0.649. The number of imidazole rings is 1. The van der Waals surface area contributed by atoms with Crippen LogP contribution in [-0.4, -0.2) is 30.1 Å². The quantitative estimate of drug-likeness (QED) is 0.307. The number of hydrogen-bond acceptors (Lipinski definition) is 5. The molecule has 3 N–H and O–H groups in total. The third-order valence-corrected chi connectivity index (χ3v) is 6.13. The minimum absolute atomic E-state index is 0.541. The lowest BCUT2D eigenvalue weighted by Crippen LogP contribution is -2.07. The number of rotatable bonds is 7. The van der Waals surface area contributed by atoms with Crippen LogP contribution in [0.2, 0.25) is 0 Å². The Balaban J connectivity index is 1.46. The molecule has 1 fully saturated rings. The van der Waals surface area contributed by atoms with E-state index in [2.05, 4.69) is 49.7 Å². The zero-order valence-electron chi connectivity index (χ0n) is 18.7. The summed E-state index contributed by atoms with van der Waals surface area (Å²) < 4.78 is 0. The second-order valence-corrected chi connectivity index (χ2v) is 8.45. The van der Waals surface area contributed by atoms with Crippen molar-refractivity contribution < 1.29 is 0 Å². The lowest BCUT2D eigenvalue weighted by atomic mass is 10.0. The van der Waals surface area contributed by atoms with Gasteiger partial charge in [0.2, 0.25) is 0 Å². The molecule has 166 valence electrons. The van der Waals surface area contributed by atoms with Crippen LogP contribution >= 0.6 is 0 Å². The number of aryl methyl sites for hydroxylation is 1. The van der Waals surface area contributed by atoms with Crippen LogP contribution < -0.4 is 5.32 Å². The van der Waals surface area contributed by atoms with Gasteiger partial charge in [-0.25, -0.2) is 9.97 Å². The fourth-order valence-electron chi connectivity index (χ4n) is 4.34. The second-order valence-electron chi connectivity index (χ2n) is 8.45. The van der Waals surface area contributed by atoms with E-state index >= 15 is 0 Å². The molecule has 4 aromatic rings. The van der Waals surface area contributed by atoms with Crippen molar-refractivity contribution in [3.05, 3.63) is 73.0 Å². The van der Waals surface area contributed by atoms with Crippen LogP contribution in [0.15, 0.2) is 61.6 Å². The molecular weight excluding hydrogens is 410 g/mol. The Morgan fingerprint density at radius 1 is 1.18 bits per heavy atom. The molecule has 0 aromatic carbocycles. The van der Waals surface area contributed by atoms with E-state index in [-0.39, 0.29) is 0 Å². The summed E-state index contributed by atoms with van der Waals surface area (Å²) in [5, 5.41) is 11.0. The van der Waals surface area contributed by atoms with Gasteiger partial charge >= 0.3 is 0 Å². The molecule has 0 unspecified atom stereocenters. The monoisotopic (exact) mass is 437 g/mol. The van der Waals surface area contributed by atoms with Crippen molar-refractivity contribution in [1.82, 2.24) is 30.1 Å². The molecular formula is C26H27N7. The summed E-state index contributed by atoms with van der Waals surface area (Å²) in [7, 11) is 0. The molecule has 0 saturated heterocycles. The first-order valence-corrected chi connectivity index (χ1v) is 11.2. The smallest absolute Gasteiger partial charge is 0.161 e. The molecule has 4 heterocycles. The van der Waals surface area contributed by atoms with Crippen LogP contribution in [0.25, 0.3) is 39.9 Å². The molecule has 0 radical (unpaired) electrons. The zero-order valence-corrected chi connectivity index (χ0v) is 18.7. The van der Waals surface area contributed by atoms with Gasteiger partial charge in [-0.3, -0.25) is 10.1 Å². The topological polar surface area (TPSA) is 95.2 Å². The highest BCUT2D eigenvalue weighted by Crippen LogP contribution is 2.32. The molecule has 1 aliphatic rings. The number of allylic oxidation sites excluding steroid dienone is 3. The maximum Gasteiger partial charge on any atom is 0.161 e. The van der Waals surface area contributed by atoms with E-state index in [1.165, 1.54) is 25.7 Å². The Morgan fingerprint density at radius 2 is 2.03 bits per heavy atom. The summed E-state index contributed by atoms with van der Waals surface area (Å²) in [6.07, 6.45) is 14.1. The average molecular weight is 438 g/mol. The van der Waals surface area contributed by atoms with Gasteiger partial charge in [-0.2, -0.15) is 5.10 Å². The number of H-pyrrole nitrogens is 2. The summed E-state index contributed by atoms with van der Waals surface area (Å²) in [6, 6.07) is 6.03. The Morgan fingerprint density at radius 3 is 2.85 bits per heavy atom. The number of hydrogen-bond donors (Lipinski definition) is 3. The number of pyridine rings is 2. The minimum atomic E-state index is 0.541. The molecule has 5 rings (SSSR count). The van der Waals surface area contributed by atoms with Crippen LogP contribution in [0.4, 0.5) is 5.69 Å². The van der Waals surface area contributed by atoms with Gasteiger partial charge in [-0.15, -0.1) is 0 Å². The SMILES string of the molecule is C=C/C=C\c1nc(-c2n[nH]c3ccc(-c4cncc(NC(=C)C5CCCC5)c4)nc23)[nH]c1C. The van der Waals surface area contributed by atoms with Gasteiger partial charge in [-0.1, -0.05) is 38.2 Å². The van der Waals surface area contributed by atoms with Gasteiger partial charge < -0.3 is 10.3 Å². The number of aromatic nitrogens is 6. The van der Waals surface area contributed by atoms with Crippen molar-refractivity contribution in [2.45, 2.75) is 32.6 Å². The Labute approximate surface area is 192 Å². The Kier molecular flexibility index (Phi) is 5.60. The van der Waals surface area contributed by atoms with E-state index < -0.39 is 0 Å². The fraction of sp³-hybridized carbons (Fsp3) is 0.231. The summed E-state index contributed by atoms with van der Waals surface area (Å²) in [5.74, 6) is 1.22. The average Bonchev–Trinajstić information content (AvgIpc) is 3.57. The molecule has 0 aliphatic heterocycles. The van der Waals surface area contributed by atoms with Gasteiger partial charge in [0.05, 0.1) is 28.8 Å². The molecule has 33 heavy (non-hydrogen) atoms. The Hall–Kier alpha value is -4.00. The predicted octanol–water partition coefficient (Wildman–Crippen LogP) is 6.03. The van der Waals surface area contributed by atoms with Crippen molar-refractivity contribution in [2.75, 3.05) is 5.32 Å². The number of anilines is 1. The van der Waals surface area contributed by atoms with Gasteiger partial charge in [0, 0.05) is 23.2 Å². The molecule has 4 aromatic heterocycles. The molecule has 1 aliphatic carbocycles. The standard InChI is InChI=1S/C26H27N7/c1-4-5-10-21-17(3)29-26(31-21)25-24-23(32-33-25)12-11-22(30-24)19-13-20(15-27-14-19)28-16(2)18-8-6-7-9-18/h4-5,10-15,18,28H,1-2,6-9H2,3H3,(H,29,31)(H,32,33)/b10-5-. The van der Waals surface area contributed by atoms with Crippen LogP contribution in [0.3, 0.4) is 0 Å². The third-order valence-electron chi connectivity index (χ3n) is 6.13. The Bertz CT molecular complexity index is 1350. The maximum absolute atomic E-state index is 4.90. The predicted molar refractivity (Wildman–Crippen MR) is 133 cm³/mol. The van der Waals surface area contributed by atoms with Gasteiger partial charge in [-0.05, 0) is 50.0 Å². The van der Waals surface area contributed by atoms with Crippen LogP contribution in [0.5, 0.6) is 0 Å². The first kappa shape index (κ1) is 20.9. The molecule has 7 heteroatoms. The van der Waals surface area contributed by atoms with E-state index in [9.17, 15) is 0 Å². The van der Waals surface area contributed by atoms with Crippen molar-refractivity contribution >= 4 is 22.8 Å². The molecule has 0 spiro atoms.